The Kier molecular flexibility index (Phi) is 4.27. The molecule has 0 aromatic carbocycles. The molecule has 0 radical (unpaired) electrons. The quantitative estimate of drug-likeness (QED) is 0.733. The Hall–Kier alpha value is -0.900. The lowest BCUT2D eigenvalue weighted by Gasteiger charge is -2.11. The van der Waals surface area contributed by atoms with Crippen molar-refractivity contribution < 1.29 is 5.11 Å². The van der Waals surface area contributed by atoms with E-state index in [0.29, 0.717) is 5.69 Å². The minimum absolute atomic E-state index is 0.637. The van der Waals surface area contributed by atoms with Crippen LogP contribution in [0, 0.1) is 0 Å². The molecule has 4 nitrogen and oxygen atoms in total. The molecule has 0 saturated heterocycles. The molecule has 1 rings (SSSR count). The number of rotatable bonds is 6. The summed E-state index contributed by atoms with van der Waals surface area (Å²) in [6.45, 7) is 6.53. The number of nitrogens with zero attached hydrogens (tertiary/aromatic N) is 3. The minimum Gasteiger partial charge on any atom is -0.384 e. The molecule has 0 aliphatic carbocycles. The predicted octanol–water partition coefficient (Wildman–Crippen LogP) is 2.09. The molecule has 1 N–H and O–H groups in total. The molecular formula is C11H21N3O. The van der Waals surface area contributed by atoms with Crippen LogP contribution in [0.4, 0.5) is 0 Å². The molecule has 0 unspecified atom stereocenters. The first kappa shape index (κ1) is 12.2. The molecule has 1 aromatic heterocycles. The molecule has 1 heterocycles. The normalized spacial score (nSPS) is 12.0. The number of aliphatic hydroxyl groups is 1. The average molecular weight is 211 g/mol. The fraction of sp³-hybridized carbons (Fsp3) is 0.818. The Labute approximate surface area is 91.3 Å². The summed E-state index contributed by atoms with van der Waals surface area (Å²) in [7, 11) is 0. The van der Waals surface area contributed by atoms with Gasteiger partial charge in [0.25, 0.3) is 0 Å². The van der Waals surface area contributed by atoms with Crippen LogP contribution in [-0.4, -0.2) is 20.1 Å². The highest BCUT2D eigenvalue weighted by Crippen LogP contribution is 2.15. The van der Waals surface area contributed by atoms with Gasteiger partial charge >= 0.3 is 0 Å². The Morgan fingerprint density at radius 2 is 2.07 bits per heavy atom. The molecule has 15 heavy (non-hydrogen) atoms. The van der Waals surface area contributed by atoms with E-state index in [-0.39, 0.29) is 0 Å². The maximum absolute atomic E-state index is 9.70. The number of aryl methyl sites for hydroxylation is 1. The molecular weight excluding hydrogens is 190 g/mol. The zero-order valence-corrected chi connectivity index (χ0v) is 9.90. The van der Waals surface area contributed by atoms with Crippen LogP contribution >= 0.6 is 0 Å². The molecule has 0 saturated carbocycles. The first-order chi connectivity index (χ1) is 7.04. The Morgan fingerprint density at radius 1 is 1.33 bits per heavy atom. The summed E-state index contributed by atoms with van der Waals surface area (Å²) in [5, 5.41) is 17.6. The van der Waals surface area contributed by atoms with Crippen LogP contribution in [0.3, 0.4) is 0 Å². The van der Waals surface area contributed by atoms with Gasteiger partial charge in [0.05, 0.1) is 6.20 Å². The average Bonchev–Trinajstić information content (AvgIpc) is 2.60. The zero-order chi connectivity index (χ0) is 11.3. The van der Waals surface area contributed by atoms with Crippen molar-refractivity contribution in [2.75, 3.05) is 0 Å². The smallest absolute Gasteiger partial charge is 0.114 e. The van der Waals surface area contributed by atoms with Gasteiger partial charge in [0, 0.05) is 6.54 Å². The zero-order valence-electron chi connectivity index (χ0n) is 9.90. The van der Waals surface area contributed by atoms with Gasteiger partial charge in [-0.2, -0.15) is 0 Å². The van der Waals surface area contributed by atoms with Crippen molar-refractivity contribution in [1.82, 2.24) is 15.0 Å². The van der Waals surface area contributed by atoms with Crippen molar-refractivity contribution in [3.8, 4) is 0 Å². The van der Waals surface area contributed by atoms with Gasteiger partial charge in [-0.05, 0) is 20.3 Å². The molecule has 0 atom stereocenters. The standard InChI is InChI=1S/C11H21N3O/c1-4-5-6-7-8-14-9-10(12-13-14)11(2,3)15/h9,15H,4-8H2,1-3H3. The van der Waals surface area contributed by atoms with Crippen LogP contribution in [0.15, 0.2) is 6.20 Å². The second-order valence-corrected chi connectivity index (χ2v) is 4.49. The predicted molar refractivity (Wildman–Crippen MR) is 59.4 cm³/mol. The lowest BCUT2D eigenvalue weighted by molar-refractivity contribution is 0.0737. The molecule has 0 amide bonds. The van der Waals surface area contributed by atoms with E-state index < -0.39 is 5.60 Å². The SMILES string of the molecule is CCCCCCn1cc(C(C)(C)O)nn1. The molecule has 4 heteroatoms. The van der Waals surface area contributed by atoms with E-state index in [2.05, 4.69) is 17.2 Å². The van der Waals surface area contributed by atoms with Crippen molar-refractivity contribution in [3.05, 3.63) is 11.9 Å². The highest BCUT2D eigenvalue weighted by atomic mass is 16.3. The highest BCUT2D eigenvalue weighted by molar-refractivity contribution is 5.02. The van der Waals surface area contributed by atoms with Gasteiger partial charge in [-0.1, -0.05) is 31.4 Å². The second kappa shape index (κ2) is 5.26. The van der Waals surface area contributed by atoms with Gasteiger partial charge < -0.3 is 5.11 Å². The summed E-state index contributed by atoms with van der Waals surface area (Å²) in [5.74, 6) is 0. The lowest BCUT2D eigenvalue weighted by Crippen LogP contribution is -2.15. The van der Waals surface area contributed by atoms with Gasteiger partial charge in [0.2, 0.25) is 0 Å². The van der Waals surface area contributed by atoms with Crippen molar-refractivity contribution in [3.63, 3.8) is 0 Å². The number of aromatic nitrogens is 3. The van der Waals surface area contributed by atoms with E-state index in [4.69, 9.17) is 0 Å². The first-order valence-corrected chi connectivity index (χ1v) is 5.67. The monoisotopic (exact) mass is 211 g/mol. The number of hydrogen-bond acceptors (Lipinski definition) is 3. The summed E-state index contributed by atoms with van der Waals surface area (Å²) in [4.78, 5) is 0. The molecule has 0 spiro atoms. The van der Waals surface area contributed by atoms with Crippen LogP contribution in [0.5, 0.6) is 0 Å². The largest absolute Gasteiger partial charge is 0.384 e. The van der Waals surface area contributed by atoms with Gasteiger partial charge in [-0.15, -0.1) is 5.10 Å². The van der Waals surface area contributed by atoms with E-state index in [1.54, 1.807) is 13.8 Å². The molecule has 0 fully saturated rings. The Bertz CT molecular complexity index is 288. The lowest BCUT2D eigenvalue weighted by atomic mass is 10.1. The topological polar surface area (TPSA) is 50.9 Å². The summed E-state index contributed by atoms with van der Waals surface area (Å²) in [6, 6.07) is 0. The maximum Gasteiger partial charge on any atom is 0.114 e. The van der Waals surface area contributed by atoms with E-state index in [1.807, 2.05) is 10.9 Å². The van der Waals surface area contributed by atoms with E-state index in [9.17, 15) is 5.11 Å². The van der Waals surface area contributed by atoms with Crippen LogP contribution in [0.2, 0.25) is 0 Å². The van der Waals surface area contributed by atoms with Gasteiger partial charge in [0.1, 0.15) is 11.3 Å². The van der Waals surface area contributed by atoms with Crippen LogP contribution in [0.1, 0.15) is 52.1 Å². The summed E-state index contributed by atoms with van der Waals surface area (Å²) in [5.41, 5.74) is -0.250. The van der Waals surface area contributed by atoms with E-state index >= 15 is 0 Å². The summed E-state index contributed by atoms with van der Waals surface area (Å²) in [6.07, 6.45) is 6.70. The van der Waals surface area contributed by atoms with Gasteiger partial charge in [-0.25, -0.2) is 0 Å². The highest BCUT2D eigenvalue weighted by Gasteiger charge is 2.19. The third-order valence-corrected chi connectivity index (χ3v) is 2.41. The van der Waals surface area contributed by atoms with Crippen LogP contribution in [0.25, 0.3) is 0 Å². The fourth-order valence-corrected chi connectivity index (χ4v) is 1.39. The minimum atomic E-state index is -0.887. The van der Waals surface area contributed by atoms with Crippen LogP contribution in [-0.2, 0) is 12.1 Å². The maximum atomic E-state index is 9.70. The molecule has 0 aliphatic rings. The number of unbranched alkanes of at least 4 members (excludes halogenated alkanes) is 3. The van der Waals surface area contributed by atoms with Gasteiger partial charge in [0.15, 0.2) is 0 Å². The molecule has 0 aliphatic heterocycles. The van der Waals surface area contributed by atoms with Crippen molar-refractivity contribution in [2.45, 2.75) is 58.6 Å². The fourth-order valence-electron chi connectivity index (χ4n) is 1.39. The third kappa shape index (κ3) is 4.00. The van der Waals surface area contributed by atoms with Crippen LogP contribution < -0.4 is 0 Å². The summed E-state index contributed by atoms with van der Waals surface area (Å²) < 4.78 is 1.81. The van der Waals surface area contributed by atoms with Gasteiger partial charge in [-0.3, -0.25) is 4.68 Å². The van der Waals surface area contributed by atoms with Crippen molar-refractivity contribution in [2.24, 2.45) is 0 Å². The van der Waals surface area contributed by atoms with E-state index in [0.717, 1.165) is 13.0 Å². The molecule has 1 aromatic rings. The van der Waals surface area contributed by atoms with Crippen molar-refractivity contribution in [1.29, 1.82) is 0 Å². The molecule has 0 bridgehead atoms. The number of hydrogen-bond donors (Lipinski definition) is 1. The van der Waals surface area contributed by atoms with Crippen molar-refractivity contribution >= 4 is 0 Å². The Morgan fingerprint density at radius 3 is 2.60 bits per heavy atom. The third-order valence-electron chi connectivity index (χ3n) is 2.41. The first-order valence-electron chi connectivity index (χ1n) is 5.67. The second-order valence-electron chi connectivity index (χ2n) is 4.49. The van der Waals surface area contributed by atoms with E-state index in [1.165, 1.54) is 19.3 Å². The molecule has 86 valence electrons. The Balaban J connectivity index is 2.40. The summed E-state index contributed by atoms with van der Waals surface area (Å²) >= 11 is 0.